The van der Waals surface area contributed by atoms with Crippen LogP contribution in [0.1, 0.15) is 18.4 Å². The molecule has 4 nitrogen and oxygen atoms in total. The first-order valence-corrected chi connectivity index (χ1v) is 9.67. The van der Waals surface area contributed by atoms with Gasteiger partial charge in [0.1, 0.15) is 10.0 Å². The fourth-order valence-electron chi connectivity index (χ4n) is 2.94. The van der Waals surface area contributed by atoms with E-state index >= 15 is 0 Å². The Bertz CT molecular complexity index is 957. The number of halogens is 1. The molecule has 0 aliphatic heterocycles. The van der Waals surface area contributed by atoms with Gasteiger partial charge in [-0.05, 0) is 48.1 Å². The quantitative estimate of drug-likeness (QED) is 0.741. The van der Waals surface area contributed by atoms with Crippen LogP contribution in [0.3, 0.4) is 0 Å². The second-order valence-electron chi connectivity index (χ2n) is 5.93. The number of benzene rings is 1. The number of H-pyrrole nitrogens is 1. The molecule has 1 aromatic carbocycles. The lowest BCUT2D eigenvalue weighted by Crippen LogP contribution is -2.31. The summed E-state index contributed by atoms with van der Waals surface area (Å²) < 4.78 is 41.1. The van der Waals surface area contributed by atoms with Gasteiger partial charge in [-0.2, -0.15) is 0 Å². The van der Waals surface area contributed by atoms with Crippen molar-refractivity contribution in [1.82, 2.24) is 9.71 Å². The van der Waals surface area contributed by atoms with Gasteiger partial charge in [0.05, 0.1) is 0 Å². The molecule has 0 bridgehead atoms. The van der Waals surface area contributed by atoms with E-state index in [4.69, 9.17) is 0 Å². The summed E-state index contributed by atoms with van der Waals surface area (Å²) in [5, 5.41) is 2.57. The van der Waals surface area contributed by atoms with Crippen molar-refractivity contribution < 1.29 is 12.8 Å². The molecule has 1 aliphatic carbocycles. The lowest BCUT2D eigenvalue weighted by atomic mass is 9.96. The molecule has 2 aromatic heterocycles. The van der Waals surface area contributed by atoms with E-state index in [1.54, 1.807) is 23.6 Å². The van der Waals surface area contributed by atoms with Gasteiger partial charge in [-0.25, -0.2) is 17.5 Å². The normalized spacial score (nSPS) is 16.7. The Morgan fingerprint density at radius 2 is 2.13 bits per heavy atom. The maximum atomic E-state index is 13.5. The molecule has 0 saturated heterocycles. The highest BCUT2D eigenvalue weighted by molar-refractivity contribution is 7.91. The molecular weight excluding hydrogens is 335 g/mol. The van der Waals surface area contributed by atoms with E-state index in [1.165, 1.54) is 23.5 Å². The second kappa shape index (κ2) is 5.15. The highest BCUT2D eigenvalue weighted by Crippen LogP contribution is 2.50. The third-order valence-electron chi connectivity index (χ3n) is 4.43. The van der Waals surface area contributed by atoms with Crippen molar-refractivity contribution in [2.24, 2.45) is 0 Å². The zero-order valence-corrected chi connectivity index (χ0v) is 13.8. The Balaban J connectivity index is 1.62. The van der Waals surface area contributed by atoms with Crippen molar-refractivity contribution in [3.63, 3.8) is 0 Å². The fourth-order valence-corrected chi connectivity index (χ4v) is 5.11. The summed E-state index contributed by atoms with van der Waals surface area (Å²) in [4.78, 5) is 3.14. The van der Waals surface area contributed by atoms with E-state index in [0.717, 1.165) is 29.3 Å². The molecule has 4 rings (SSSR count). The predicted molar refractivity (Wildman–Crippen MR) is 88.7 cm³/mol. The van der Waals surface area contributed by atoms with Gasteiger partial charge in [0.2, 0.25) is 10.0 Å². The Labute approximate surface area is 137 Å². The standard InChI is InChI=1S/C16H15FN2O2S2/c17-11-3-4-14-12(8-11)13(9-18-14)16(5-6-16)10-19-23(20,21)15-2-1-7-22-15/h1-4,7-9,18-19H,5-6,10H2. The van der Waals surface area contributed by atoms with Crippen molar-refractivity contribution in [3.8, 4) is 0 Å². The molecule has 1 saturated carbocycles. The minimum absolute atomic E-state index is 0.240. The molecular formula is C16H15FN2O2S2. The van der Waals surface area contributed by atoms with Gasteiger partial charge in [-0.15, -0.1) is 11.3 Å². The molecule has 0 unspecified atom stereocenters. The zero-order valence-electron chi connectivity index (χ0n) is 12.2. The second-order valence-corrected chi connectivity index (χ2v) is 8.87. The van der Waals surface area contributed by atoms with E-state index in [0.29, 0.717) is 10.8 Å². The number of sulfonamides is 1. The minimum Gasteiger partial charge on any atom is -0.361 e. The van der Waals surface area contributed by atoms with Gasteiger partial charge in [-0.1, -0.05) is 6.07 Å². The monoisotopic (exact) mass is 350 g/mol. The maximum Gasteiger partial charge on any atom is 0.250 e. The molecule has 1 aliphatic rings. The third-order valence-corrected chi connectivity index (χ3v) is 7.23. The topological polar surface area (TPSA) is 62.0 Å². The Morgan fingerprint density at radius 1 is 1.30 bits per heavy atom. The van der Waals surface area contributed by atoms with Gasteiger partial charge >= 0.3 is 0 Å². The van der Waals surface area contributed by atoms with Gasteiger partial charge in [0, 0.05) is 29.1 Å². The smallest absolute Gasteiger partial charge is 0.250 e. The number of hydrogen-bond acceptors (Lipinski definition) is 3. The first-order chi connectivity index (χ1) is 11.0. The number of hydrogen-bond donors (Lipinski definition) is 2. The molecule has 7 heteroatoms. The molecule has 2 heterocycles. The molecule has 0 atom stereocenters. The molecule has 3 aromatic rings. The summed E-state index contributed by atoms with van der Waals surface area (Å²) in [6, 6.07) is 7.94. The third kappa shape index (κ3) is 2.58. The molecule has 0 radical (unpaired) electrons. The molecule has 23 heavy (non-hydrogen) atoms. The van der Waals surface area contributed by atoms with Crippen LogP contribution in [0.5, 0.6) is 0 Å². The SMILES string of the molecule is O=S(=O)(NCC1(c2c[nH]c3ccc(F)cc23)CC1)c1cccs1. The van der Waals surface area contributed by atoms with E-state index in [1.807, 2.05) is 6.20 Å². The van der Waals surface area contributed by atoms with Crippen LogP contribution in [0, 0.1) is 5.82 Å². The average Bonchev–Trinajstić information content (AvgIpc) is 2.95. The average molecular weight is 350 g/mol. The highest BCUT2D eigenvalue weighted by atomic mass is 32.2. The zero-order chi connectivity index (χ0) is 16.1. The van der Waals surface area contributed by atoms with Crippen molar-refractivity contribution in [2.75, 3.05) is 6.54 Å². The Kier molecular flexibility index (Phi) is 3.33. The van der Waals surface area contributed by atoms with Crippen LogP contribution in [0.2, 0.25) is 0 Å². The lowest BCUT2D eigenvalue weighted by Gasteiger charge is -2.15. The number of nitrogens with one attached hydrogen (secondary N) is 2. The first kappa shape index (κ1) is 14.9. The summed E-state index contributed by atoms with van der Waals surface area (Å²) >= 11 is 1.20. The van der Waals surface area contributed by atoms with Crippen LogP contribution < -0.4 is 4.72 Å². The van der Waals surface area contributed by atoms with Crippen LogP contribution in [0.25, 0.3) is 10.9 Å². The summed E-state index contributed by atoms with van der Waals surface area (Å²) in [7, 11) is -3.48. The van der Waals surface area contributed by atoms with Crippen molar-refractivity contribution in [1.29, 1.82) is 0 Å². The van der Waals surface area contributed by atoms with Gasteiger partial charge < -0.3 is 4.98 Å². The molecule has 0 amide bonds. The highest BCUT2D eigenvalue weighted by Gasteiger charge is 2.46. The molecule has 1 fully saturated rings. The van der Waals surface area contributed by atoms with Crippen LogP contribution in [0.15, 0.2) is 46.1 Å². The van der Waals surface area contributed by atoms with Crippen molar-refractivity contribution in [3.05, 3.63) is 53.3 Å². The van der Waals surface area contributed by atoms with Crippen LogP contribution >= 0.6 is 11.3 Å². The van der Waals surface area contributed by atoms with Crippen molar-refractivity contribution >= 4 is 32.3 Å². The van der Waals surface area contributed by atoms with E-state index in [2.05, 4.69) is 9.71 Å². The van der Waals surface area contributed by atoms with Crippen LogP contribution in [0.4, 0.5) is 4.39 Å². The first-order valence-electron chi connectivity index (χ1n) is 7.31. The molecule has 120 valence electrons. The predicted octanol–water partition coefficient (Wildman–Crippen LogP) is 3.38. The number of aromatic amines is 1. The van der Waals surface area contributed by atoms with Gasteiger partial charge in [-0.3, -0.25) is 0 Å². The van der Waals surface area contributed by atoms with E-state index in [-0.39, 0.29) is 11.2 Å². The molecule has 0 spiro atoms. The van der Waals surface area contributed by atoms with E-state index in [9.17, 15) is 12.8 Å². The minimum atomic E-state index is -3.48. The summed E-state index contributed by atoms with van der Waals surface area (Å²) in [5.41, 5.74) is 1.62. The van der Waals surface area contributed by atoms with Gasteiger partial charge in [0.25, 0.3) is 0 Å². The number of thiophene rings is 1. The summed E-state index contributed by atoms with van der Waals surface area (Å²) in [6.45, 7) is 0.330. The Hall–Kier alpha value is -1.70. The number of aromatic nitrogens is 1. The maximum absolute atomic E-state index is 13.5. The fraction of sp³-hybridized carbons (Fsp3) is 0.250. The van der Waals surface area contributed by atoms with Gasteiger partial charge in [0.15, 0.2) is 0 Å². The van der Waals surface area contributed by atoms with E-state index < -0.39 is 10.0 Å². The lowest BCUT2D eigenvalue weighted by molar-refractivity contribution is 0.569. The molecule has 2 N–H and O–H groups in total. The summed E-state index contributed by atoms with van der Waals surface area (Å²) in [5.74, 6) is -0.284. The largest absolute Gasteiger partial charge is 0.361 e. The van der Waals surface area contributed by atoms with Crippen LogP contribution in [-0.4, -0.2) is 19.9 Å². The Morgan fingerprint density at radius 3 is 2.83 bits per heavy atom. The number of rotatable bonds is 5. The summed E-state index contributed by atoms with van der Waals surface area (Å²) in [6.07, 6.45) is 3.66. The van der Waals surface area contributed by atoms with Crippen LogP contribution in [-0.2, 0) is 15.4 Å². The van der Waals surface area contributed by atoms with Crippen molar-refractivity contribution in [2.45, 2.75) is 22.5 Å². The number of fused-ring (bicyclic) bond motifs is 1.